The Labute approximate surface area is 88.6 Å². The molecular weight excluding hydrogens is 174 g/mol. The summed E-state index contributed by atoms with van der Waals surface area (Å²) >= 11 is 0. The summed E-state index contributed by atoms with van der Waals surface area (Å²) in [5.41, 5.74) is 0. The van der Waals surface area contributed by atoms with Gasteiger partial charge in [-0.25, -0.2) is 0 Å². The van der Waals surface area contributed by atoms with Crippen LogP contribution in [-0.2, 0) is 4.74 Å². The minimum atomic E-state index is 0.380. The van der Waals surface area contributed by atoms with E-state index < -0.39 is 0 Å². The minimum absolute atomic E-state index is 0.380. The van der Waals surface area contributed by atoms with Crippen molar-refractivity contribution < 1.29 is 4.74 Å². The number of hydrogen-bond donors (Lipinski definition) is 0. The number of piperidine rings is 1. The molecule has 1 aliphatic rings. The highest BCUT2D eigenvalue weighted by atomic mass is 16.5. The number of nitrogens with zero attached hydrogens (tertiary/aromatic N) is 1. The third kappa shape index (κ3) is 3.58. The van der Waals surface area contributed by atoms with E-state index >= 15 is 0 Å². The van der Waals surface area contributed by atoms with Gasteiger partial charge in [0.2, 0.25) is 0 Å². The zero-order valence-corrected chi connectivity index (χ0v) is 10.1. The van der Waals surface area contributed by atoms with E-state index in [0.29, 0.717) is 18.2 Å². The van der Waals surface area contributed by atoms with Gasteiger partial charge in [0.1, 0.15) is 0 Å². The third-order valence-electron chi connectivity index (χ3n) is 2.94. The fraction of sp³-hybridized carbons (Fsp3) is 1.00. The topological polar surface area (TPSA) is 12.5 Å². The second-order valence-corrected chi connectivity index (χ2v) is 4.72. The molecule has 0 aliphatic carbocycles. The molecule has 0 radical (unpaired) electrons. The zero-order valence-electron chi connectivity index (χ0n) is 10.1. The maximum atomic E-state index is 5.86. The lowest BCUT2D eigenvalue weighted by Crippen LogP contribution is -2.44. The molecule has 0 aromatic carbocycles. The highest BCUT2D eigenvalue weighted by Gasteiger charge is 2.25. The van der Waals surface area contributed by atoms with Crippen molar-refractivity contribution in [1.82, 2.24) is 4.90 Å². The maximum absolute atomic E-state index is 5.86. The number of hydrogen-bond acceptors (Lipinski definition) is 2. The van der Waals surface area contributed by atoms with Gasteiger partial charge in [0.25, 0.3) is 0 Å². The molecule has 0 amide bonds. The first-order valence-electron chi connectivity index (χ1n) is 6.03. The minimum Gasteiger partial charge on any atom is -0.375 e. The van der Waals surface area contributed by atoms with E-state index in [0.717, 1.165) is 0 Å². The quantitative estimate of drug-likeness (QED) is 0.690. The third-order valence-corrected chi connectivity index (χ3v) is 2.94. The lowest BCUT2D eigenvalue weighted by atomic mass is 10.0. The molecule has 0 aromatic heterocycles. The Kier molecular flexibility index (Phi) is 4.90. The predicted octanol–water partition coefficient (Wildman–Crippen LogP) is 2.67. The molecule has 2 heteroatoms. The fourth-order valence-corrected chi connectivity index (χ4v) is 2.31. The summed E-state index contributed by atoms with van der Waals surface area (Å²) in [6.45, 7) is 11.3. The van der Waals surface area contributed by atoms with E-state index in [1.807, 2.05) is 0 Å². The van der Waals surface area contributed by atoms with Gasteiger partial charge in [-0.05, 0) is 46.6 Å². The fourth-order valence-electron chi connectivity index (χ4n) is 2.31. The van der Waals surface area contributed by atoms with Gasteiger partial charge >= 0.3 is 0 Å². The van der Waals surface area contributed by atoms with Crippen LogP contribution < -0.4 is 0 Å². The smallest absolute Gasteiger partial charge is 0.0605 e. The van der Waals surface area contributed by atoms with Gasteiger partial charge in [-0.2, -0.15) is 0 Å². The molecule has 1 aliphatic heterocycles. The summed E-state index contributed by atoms with van der Waals surface area (Å²) in [4.78, 5) is 2.58. The van der Waals surface area contributed by atoms with E-state index in [1.165, 1.54) is 32.4 Å². The van der Waals surface area contributed by atoms with Crippen molar-refractivity contribution in [3.63, 3.8) is 0 Å². The Hall–Kier alpha value is -0.0800. The van der Waals surface area contributed by atoms with Gasteiger partial charge in [0.15, 0.2) is 0 Å². The Morgan fingerprint density at radius 2 is 2.14 bits per heavy atom. The van der Waals surface area contributed by atoms with Gasteiger partial charge in [-0.15, -0.1) is 0 Å². The molecule has 0 saturated carbocycles. The molecule has 1 fully saturated rings. The molecule has 2 atom stereocenters. The standard InChI is InChI=1S/C12H25NO/c1-5-7-13-8-6-12(9-11(13)4)14-10(2)3/h10-12H,5-9H2,1-4H3/t11-,12-/m0/s1. The molecule has 1 heterocycles. The van der Waals surface area contributed by atoms with E-state index in [9.17, 15) is 0 Å². The first-order valence-corrected chi connectivity index (χ1v) is 6.03. The summed E-state index contributed by atoms with van der Waals surface area (Å²) in [6, 6.07) is 0.701. The first kappa shape index (κ1) is 12.0. The van der Waals surface area contributed by atoms with Crippen LogP contribution in [0.25, 0.3) is 0 Å². The monoisotopic (exact) mass is 199 g/mol. The van der Waals surface area contributed by atoms with E-state index in [1.54, 1.807) is 0 Å². The van der Waals surface area contributed by atoms with Gasteiger partial charge < -0.3 is 9.64 Å². The lowest BCUT2D eigenvalue weighted by Gasteiger charge is -2.38. The van der Waals surface area contributed by atoms with Crippen molar-refractivity contribution in [2.24, 2.45) is 0 Å². The summed E-state index contributed by atoms with van der Waals surface area (Å²) in [7, 11) is 0. The van der Waals surface area contributed by atoms with Crippen LogP contribution in [0, 0.1) is 0 Å². The van der Waals surface area contributed by atoms with Crippen molar-refractivity contribution in [2.45, 2.75) is 65.2 Å². The summed E-state index contributed by atoms with van der Waals surface area (Å²) in [5.74, 6) is 0. The van der Waals surface area contributed by atoms with Crippen LogP contribution in [0.3, 0.4) is 0 Å². The molecule has 1 rings (SSSR count). The van der Waals surface area contributed by atoms with Crippen molar-refractivity contribution in [3.8, 4) is 0 Å². The van der Waals surface area contributed by atoms with Gasteiger partial charge in [-0.3, -0.25) is 0 Å². The van der Waals surface area contributed by atoms with Gasteiger partial charge in [0, 0.05) is 12.6 Å². The average molecular weight is 199 g/mol. The molecule has 84 valence electrons. The molecule has 0 unspecified atom stereocenters. The first-order chi connectivity index (χ1) is 6.63. The molecule has 1 saturated heterocycles. The normalized spacial score (nSPS) is 29.8. The van der Waals surface area contributed by atoms with Gasteiger partial charge in [-0.1, -0.05) is 6.92 Å². The summed E-state index contributed by atoms with van der Waals surface area (Å²) in [6.07, 6.45) is 4.56. The SMILES string of the molecule is CCCN1CC[C@H](OC(C)C)C[C@@H]1C. The van der Waals surface area contributed by atoms with E-state index in [4.69, 9.17) is 4.74 Å². The van der Waals surface area contributed by atoms with Crippen LogP contribution in [0.15, 0.2) is 0 Å². The second-order valence-electron chi connectivity index (χ2n) is 4.72. The van der Waals surface area contributed by atoms with Crippen molar-refractivity contribution in [2.75, 3.05) is 13.1 Å². The summed E-state index contributed by atoms with van der Waals surface area (Å²) in [5, 5.41) is 0. The Balaban J connectivity index is 2.31. The van der Waals surface area contributed by atoms with Crippen molar-refractivity contribution in [3.05, 3.63) is 0 Å². The molecule has 0 spiro atoms. The van der Waals surface area contributed by atoms with Crippen LogP contribution in [0.1, 0.15) is 47.0 Å². The Morgan fingerprint density at radius 3 is 2.64 bits per heavy atom. The average Bonchev–Trinajstić information content (AvgIpc) is 2.09. The second kappa shape index (κ2) is 5.72. The molecule has 0 bridgehead atoms. The van der Waals surface area contributed by atoms with Crippen LogP contribution >= 0.6 is 0 Å². The maximum Gasteiger partial charge on any atom is 0.0605 e. The van der Waals surface area contributed by atoms with E-state index in [2.05, 4.69) is 32.6 Å². The Morgan fingerprint density at radius 1 is 1.43 bits per heavy atom. The molecule has 14 heavy (non-hydrogen) atoms. The molecule has 0 aromatic rings. The van der Waals surface area contributed by atoms with Crippen molar-refractivity contribution >= 4 is 0 Å². The predicted molar refractivity (Wildman–Crippen MR) is 60.6 cm³/mol. The summed E-state index contributed by atoms with van der Waals surface area (Å²) < 4.78 is 5.86. The largest absolute Gasteiger partial charge is 0.375 e. The van der Waals surface area contributed by atoms with E-state index in [-0.39, 0.29) is 0 Å². The number of ether oxygens (including phenoxy) is 1. The number of rotatable bonds is 4. The van der Waals surface area contributed by atoms with Crippen LogP contribution in [0.2, 0.25) is 0 Å². The highest BCUT2D eigenvalue weighted by molar-refractivity contribution is 4.79. The lowest BCUT2D eigenvalue weighted by molar-refractivity contribution is -0.0413. The van der Waals surface area contributed by atoms with Crippen LogP contribution in [0.4, 0.5) is 0 Å². The van der Waals surface area contributed by atoms with Crippen LogP contribution in [-0.4, -0.2) is 36.2 Å². The molecule has 2 nitrogen and oxygen atoms in total. The Bertz CT molecular complexity index is 158. The van der Waals surface area contributed by atoms with Crippen LogP contribution in [0.5, 0.6) is 0 Å². The number of likely N-dealkylation sites (tertiary alicyclic amines) is 1. The molecular formula is C12H25NO. The van der Waals surface area contributed by atoms with Crippen molar-refractivity contribution in [1.29, 1.82) is 0 Å². The highest BCUT2D eigenvalue weighted by Crippen LogP contribution is 2.20. The zero-order chi connectivity index (χ0) is 10.6. The van der Waals surface area contributed by atoms with Gasteiger partial charge in [0.05, 0.1) is 12.2 Å². The molecule has 0 N–H and O–H groups in total.